The van der Waals surface area contributed by atoms with E-state index in [1.54, 1.807) is 6.08 Å². The van der Waals surface area contributed by atoms with Crippen LogP contribution in [0.3, 0.4) is 0 Å². The van der Waals surface area contributed by atoms with Crippen LogP contribution in [0.25, 0.3) is 6.08 Å². The minimum atomic E-state index is -0.0835. The Balaban J connectivity index is 2.05. The van der Waals surface area contributed by atoms with Crippen LogP contribution in [0.1, 0.15) is 24.8 Å². The molecule has 15 heavy (non-hydrogen) atoms. The van der Waals surface area contributed by atoms with Gasteiger partial charge in [-0.1, -0.05) is 30.9 Å². The molecule has 1 heterocycles. The van der Waals surface area contributed by atoms with Crippen molar-refractivity contribution in [3.63, 3.8) is 0 Å². The summed E-state index contributed by atoms with van der Waals surface area (Å²) in [7, 11) is 0. The van der Waals surface area contributed by atoms with Crippen LogP contribution >= 0.6 is 0 Å². The maximum absolute atomic E-state index is 5.78. The van der Waals surface area contributed by atoms with Crippen molar-refractivity contribution >= 4 is 6.08 Å². The summed E-state index contributed by atoms with van der Waals surface area (Å²) < 4.78 is 11.3. The predicted octanol–water partition coefficient (Wildman–Crippen LogP) is 3.24. The normalized spacial score (nSPS) is 20.9. The Labute approximate surface area is 90.5 Å². The fraction of sp³-hybridized carbons (Fsp3) is 0.385. The smallest absolute Gasteiger partial charge is 0.199 e. The van der Waals surface area contributed by atoms with Crippen molar-refractivity contribution in [1.29, 1.82) is 0 Å². The van der Waals surface area contributed by atoms with Crippen LogP contribution in [0, 0.1) is 0 Å². The van der Waals surface area contributed by atoms with Gasteiger partial charge in [-0.25, -0.2) is 0 Å². The first-order chi connectivity index (χ1) is 7.40. The highest BCUT2D eigenvalue weighted by molar-refractivity contribution is 5.55. The Morgan fingerprint density at radius 2 is 2.20 bits per heavy atom. The van der Waals surface area contributed by atoms with Crippen molar-refractivity contribution in [3.05, 3.63) is 36.4 Å². The third-order valence-corrected chi connectivity index (χ3v) is 2.54. The first-order valence-corrected chi connectivity index (χ1v) is 5.40. The van der Waals surface area contributed by atoms with Gasteiger partial charge in [0.25, 0.3) is 0 Å². The van der Waals surface area contributed by atoms with Crippen molar-refractivity contribution in [1.82, 2.24) is 0 Å². The molecule has 1 unspecified atom stereocenters. The Hall–Kier alpha value is -1.28. The molecule has 1 aromatic carbocycles. The van der Waals surface area contributed by atoms with Gasteiger partial charge in [0.2, 0.25) is 0 Å². The van der Waals surface area contributed by atoms with Crippen LogP contribution in [-0.4, -0.2) is 12.9 Å². The molecule has 0 aliphatic carbocycles. The Kier molecular flexibility index (Phi) is 3.41. The van der Waals surface area contributed by atoms with Crippen molar-refractivity contribution in [2.24, 2.45) is 0 Å². The van der Waals surface area contributed by atoms with Crippen LogP contribution in [0.2, 0.25) is 0 Å². The molecule has 0 spiro atoms. The lowest BCUT2D eigenvalue weighted by Gasteiger charge is -2.24. The second kappa shape index (κ2) is 4.99. The van der Waals surface area contributed by atoms with E-state index >= 15 is 0 Å². The van der Waals surface area contributed by atoms with Crippen LogP contribution in [0.5, 0.6) is 5.75 Å². The molecule has 1 aliphatic rings. The highest BCUT2D eigenvalue weighted by Gasteiger charge is 2.15. The molecule has 2 nitrogen and oxygen atoms in total. The molecule has 0 amide bonds. The second-order valence-electron chi connectivity index (χ2n) is 3.66. The fourth-order valence-electron chi connectivity index (χ4n) is 1.70. The van der Waals surface area contributed by atoms with Crippen LogP contribution in [-0.2, 0) is 4.74 Å². The SMILES string of the molecule is C=Cc1ccccc1OC1CCCCO1. The summed E-state index contributed by atoms with van der Waals surface area (Å²) in [6.07, 6.45) is 5.02. The third kappa shape index (κ3) is 2.60. The molecule has 1 atom stereocenters. The quantitative estimate of drug-likeness (QED) is 0.752. The molecule has 2 heteroatoms. The molecule has 1 saturated heterocycles. The first kappa shape index (κ1) is 10.2. The summed E-state index contributed by atoms with van der Waals surface area (Å²) in [6.45, 7) is 4.57. The first-order valence-electron chi connectivity index (χ1n) is 5.40. The average Bonchev–Trinajstić information content (AvgIpc) is 2.31. The van der Waals surface area contributed by atoms with E-state index in [0.29, 0.717) is 0 Å². The van der Waals surface area contributed by atoms with Gasteiger partial charge in [-0.2, -0.15) is 0 Å². The molecule has 1 fully saturated rings. The molecule has 80 valence electrons. The van der Waals surface area contributed by atoms with E-state index < -0.39 is 0 Å². The molecule has 0 bridgehead atoms. The van der Waals surface area contributed by atoms with Crippen LogP contribution in [0.4, 0.5) is 0 Å². The number of hydrogen-bond acceptors (Lipinski definition) is 2. The molecule has 0 aromatic heterocycles. The molecule has 0 saturated carbocycles. The highest BCUT2D eigenvalue weighted by atomic mass is 16.7. The predicted molar refractivity (Wildman–Crippen MR) is 60.8 cm³/mol. The number of hydrogen-bond donors (Lipinski definition) is 0. The van der Waals surface area contributed by atoms with Gasteiger partial charge in [0.15, 0.2) is 6.29 Å². The zero-order valence-electron chi connectivity index (χ0n) is 8.82. The molecule has 2 rings (SSSR count). The van der Waals surface area contributed by atoms with Crippen LogP contribution < -0.4 is 4.74 Å². The summed E-state index contributed by atoms with van der Waals surface area (Å²) in [4.78, 5) is 0. The molecule has 0 N–H and O–H groups in total. The van der Waals surface area contributed by atoms with E-state index in [9.17, 15) is 0 Å². The number of para-hydroxylation sites is 1. The number of benzene rings is 1. The van der Waals surface area contributed by atoms with Crippen molar-refractivity contribution in [2.45, 2.75) is 25.6 Å². The van der Waals surface area contributed by atoms with E-state index in [0.717, 1.165) is 30.8 Å². The highest BCUT2D eigenvalue weighted by Crippen LogP contribution is 2.23. The lowest BCUT2D eigenvalue weighted by atomic mass is 10.2. The van der Waals surface area contributed by atoms with Crippen molar-refractivity contribution in [2.75, 3.05) is 6.61 Å². The third-order valence-electron chi connectivity index (χ3n) is 2.54. The molecule has 1 aromatic rings. The average molecular weight is 204 g/mol. The maximum Gasteiger partial charge on any atom is 0.199 e. The van der Waals surface area contributed by atoms with Gasteiger partial charge < -0.3 is 9.47 Å². The molecular weight excluding hydrogens is 188 g/mol. The summed E-state index contributed by atoms with van der Waals surface area (Å²) >= 11 is 0. The van der Waals surface area contributed by atoms with Gasteiger partial charge in [-0.05, 0) is 18.9 Å². The standard InChI is InChI=1S/C13H16O2/c1-2-11-7-3-4-8-12(11)15-13-9-5-6-10-14-13/h2-4,7-8,13H,1,5-6,9-10H2. The van der Waals surface area contributed by atoms with Gasteiger partial charge in [0, 0.05) is 12.0 Å². The largest absolute Gasteiger partial charge is 0.464 e. The zero-order valence-corrected chi connectivity index (χ0v) is 8.82. The van der Waals surface area contributed by atoms with Crippen molar-refractivity contribution < 1.29 is 9.47 Å². The molecular formula is C13H16O2. The van der Waals surface area contributed by atoms with Gasteiger partial charge in [-0.3, -0.25) is 0 Å². The van der Waals surface area contributed by atoms with Gasteiger partial charge in [0.05, 0.1) is 6.61 Å². The van der Waals surface area contributed by atoms with Crippen LogP contribution in [0.15, 0.2) is 30.8 Å². The summed E-state index contributed by atoms with van der Waals surface area (Å²) in [5, 5.41) is 0. The monoisotopic (exact) mass is 204 g/mol. The number of rotatable bonds is 3. The summed E-state index contributed by atoms with van der Waals surface area (Å²) in [5.41, 5.74) is 1.02. The molecule has 1 aliphatic heterocycles. The van der Waals surface area contributed by atoms with Gasteiger partial charge >= 0.3 is 0 Å². The van der Waals surface area contributed by atoms with Gasteiger partial charge in [-0.15, -0.1) is 0 Å². The van der Waals surface area contributed by atoms with E-state index in [1.165, 1.54) is 6.42 Å². The van der Waals surface area contributed by atoms with Crippen molar-refractivity contribution in [3.8, 4) is 5.75 Å². The Bertz CT molecular complexity index is 327. The minimum absolute atomic E-state index is 0.0835. The Morgan fingerprint density at radius 1 is 1.33 bits per heavy atom. The van der Waals surface area contributed by atoms with Gasteiger partial charge in [0.1, 0.15) is 5.75 Å². The summed E-state index contributed by atoms with van der Waals surface area (Å²) in [5.74, 6) is 0.861. The zero-order chi connectivity index (χ0) is 10.5. The Morgan fingerprint density at radius 3 is 2.93 bits per heavy atom. The van der Waals surface area contributed by atoms with E-state index in [1.807, 2.05) is 24.3 Å². The minimum Gasteiger partial charge on any atom is -0.464 e. The summed E-state index contributed by atoms with van der Waals surface area (Å²) in [6, 6.07) is 7.89. The van der Waals surface area contributed by atoms with E-state index in [-0.39, 0.29) is 6.29 Å². The lowest BCUT2D eigenvalue weighted by Crippen LogP contribution is -2.25. The second-order valence-corrected chi connectivity index (χ2v) is 3.66. The van der Waals surface area contributed by atoms with E-state index in [4.69, 9.17) is 9.47 Å². The maximum atomic E-state index is 5.78. The molecule has 0 radical (unpaired) electrons. The fourth-order valence-corrected chi connectivity index (χ4v) is 1.70. The topological polar surface area (TPSA) is 18.5 Å². The van der Waals surface area contributed by atoms with E-state index in [2.05, 4.69) is 6.58 Å². The number of ether oxygens (including phenoxy) is 2. The lowest BCUT2D eigenvalue weighted by molar-refractivity contribution is -0.106.